The fourth-order valence-corrected chi connectivity index (χ4v) is 2.93. The lowest BCUT2D eigenvalue weighted by Crippen LogP contribution is -2.23. The first-order chi connectivity index (χ1) is 12.4. The van der Waals surface area contributed by atoms with E-state index in [9.17, 15) is 14.9 Å². The van der Waals surface area contributed by atoms with Gasteiger partial charge in [0, 0.05) is 17.7 Å². The van der Waals surface area contributed by atoms with E-state index >= 15 is 0 Å². The van der Waals surface area contributed by atoms with Gasteiger partial charge in [0.1, 0.15) is 0 Å². The van der Waals surface area contributed by atoms with Gasteiger partial charge in [0.15, 0.2) is 0 Å². The third-order valence-electron chi connectivity index (χ3n) is 4.28. The van der Waals surface area contributed by atoms with E-state index in [2.05, 4.69) is 5.10 Å². The van der Waals surface area contributed by atoms with Crippen LogP contribution in [0.15, 0.2) is 59.2 Å². The maximum atomic E-state index is 12.9. The molecule has 1 aliphatic rings. The number of amides is 1. The molecule has 0 atom stereocenters. The van der Waals surface area contributed by atoms with Crippen molar-refractivity contribution < 1.29 is 9.72 Å². The van der Waals surface area contributed by atoms with E-state index in [1.165, 1.54) is 29.3 Å². The molecule has 132 valence electrons. The first-order valence-corrected chi connectivity index (χ1v) is 8.16. The SMILES string of the molecule is CCc1ccccc1/C(N)=C1\C(=O)N(c2ccc([N+](=O)[O-])cc2)N=C1C. The van der Waals surface area contributed by atoms with Crippen molar-refractivity contribution in [1.29, 1.82) is 0 Å². The molecule has 0 saturated carbocycles. The van der Waals surface area contributed by atoms with Crippen LogP contribution in [0.25, 0.3) is 5.70 Å². The Balaban J connectivity index is 2.01. The number of aryl methyl sites for hydroxylation is 1. The summed E-state index contributed by atoms with van der Waals surface area (Å²) in [6, 6.07) is 13.3. The number of nitrogens with zero attached hydrogens (tertiary/aromatic N) is 3. The van der Waals surface area contributed by atoms with Crippen LogP contribution in [-0.4, -0.2) is 16.5 Å². The van der Waals surface area contributed by atoms with Crippen LogP contribution in [0.1, 0.15) is 25.0 Å². The van der Waals surface area contributed by atoms with Crippen molar-refractivity contribution in [3.05, 3.63) is 75.3 Å². The third kappa shape index (κ3) is 2.95. The van der Waals surface area contributed by atoms with Crippen LogP contribution >= 0.6 is 0 Å². The van der Waals surface area contributed by atoms with Gasteiger partial charge in [-0.05, 0) is 31.0 Å². The van der Waals surface area contributed by atoms with Gasteiger partial charge in [-0.25, -0.2) is 0 Å². The molecule has 1 amide bonds. The van der Waals surface area contributed by atoms with Crippen molar-refractivity contribution >= 4 is 28.7 Å². The monoisotopic (exact) mass is 350 g/mol. The fraction of sp³-hybridized carbons (Fsp3) is 0.158. The Morgan fingerprint density at radius 3 is 2.46 bits per heavy atom. The van der Waals surface area contributed by atoms with Crippen molar-refractivity contribution in [2.45, 2.75) is 20.3 Å². The Labute approximate surface area is 150 Å². The molecule has 26 heavy (non-hydrogen) atoms. The summed E-state index contributed by atoms with van der Waals surface area (Å²) in [6.07, 6.45) is 0.792. The lowest BCUT2D eigenvalue weighted by Gasteiger charge is -2.13. The van der Waals surface area contributed by atoms with Crippen molar-refractivity contribution in [3.63, 3.8) is 0 Å². The first-order valence-electron chi connectivity index (χ1n) is 8.16. The molecule has 0 saturated heterocycles. The number of nitro groups is 1. The summed E-state index contributed by atoms with van der Waals surface area (Å²) in [5, 5.41) is 16.3. The van der Waals surface area contributed by atoms with Crippen LogP contribution in [0.3, 0.4) is 0 Å². The number of anilines is 1. The van der Waals surface area contributed by atoms with Crippen LogP contribution in [0.5, 0.6) is 0 Å². The summed E-state index contributed by atoms with van der Waals surface area (Å²) in [6.45, 7) is 3.75. The standard InChI is InChI=1S/C19H18N4O3/c1-3-13-6-4-5-7-16(13)18(20)17-12(2)21-22(19(17)24)14-8-10-15(11-9-14)23(25)26/h4-11H,3,20H2,1-2H3/b18-17+. The average molecular weight is 350 g/mol. The van der Waals surface area contributed by atoms with Gasteiger partial charge in [-0.1, -0.05) is 31.2 Å². The van der Waals surface area contributed by atoms with Gasteiger partial charge < -0.3 is 5.73 Å². The Morgan fingerprint density at radius 1 is 1.19 bits per heavy atom. The van der Waals surface area contributed by atoms with Crippen LogP contribution in [0.2, 0.25) is 0 Å². The number of nitro benzene ring substituents is 1. The highest BCUT2D eigenvalue weighted by Crippen LogP contribution is 2.29. The molecule has 2 N–H and O–H groups in total. The van der Waals surface area contributed by atoms with E-state index in [-0.39, 0.29) is 11.6 Å². The largest absolute Gasteiger partial charge is 0.398 e. The van der Waals surface area contributed by atoms with Gasteiger partial charge in [0.25, 0.3) is 11.6 Å². The summed E-state index contributed by atoms with van der Waals surface area (Å²) in [7, 11) is 0. The predicted octanol–water partition coefficient (Wildman–Crippen LogP) is 3.25. The molecule has 0 fully saturated rings. The molecule has 0 aromatic heterocycles. The highest BCUT2D eigenvalue weighted by Gasteiger charge is 2.32. The molecule has 1 aliphatic heterocycles. The molecule has 0 spiro atoms. The highest BCUT2D eigenvalue weighted by molar-refractivity contribution is 6.33. The molecule has 3 rings (SSSR count). The number of hydrogen-bond donors (Lipinski definition) is 1. The zero-order valence-electron chi connectivity index (χ0n) is 14.5. The molecular formula is C19H18N4O3. The number of rotatable bonds is 4. The van der Waals surface area contributed by atoms with Gasteiger partial charge in [0.05, 0.1) is 27.6 Å². The van der Waals surface area contributed by atoms with Crippen LogP contribution < -0.4 is 10.7 Å². The second-order valence-electron chi connectivity index (χ2n) is 5.88. The number of hydrogen-bond acceptors (Lipinski definition) is 5. The van der Waals surface area contributed by atoms with E-state index in [0.717, 1.165) is 17.5 Å². The molecular weight excluding hydrogens is 332 g/mol. The number of benzene rings is 2. The lowest BCUT2D eigenvalue weighted by molar-refractivity contribution is -0.384. The minimum Gasteiger partial charge on any atom is -0.398 e. The van der Waals surface area contributed by atoms with Crippen molar-refractivity contribution in [2.24, 2.45) is 10.8 Å². The van der Waals surface area contributed by atoms with Crippen LogP contribution in [0.4, 0.5) is 11.4 Å². The molecule has 0 bridgehead atoms. The van der Waals surface area contributed by atoms with E-state index in [1.54, 1.807) is 6.92 Å². The molecule has 2 aromatic rings. The summed E-state index contributed by atoms with van der Waals surface area (Å²) >= 11 is 0. The molecule has 7 nitrogen and oxygen atoms in total. The van der Waals surface area contributed by atoms with Crippen LogP contribution in [-0.2, 0) is 11.2 Å². The Hall–Kier alpha value is -3.48. The zero-order chi connectivity index (χ0) is 18.8. The van der Waals surface area contributed by atoms with Crippen molar-refractivity contribution in [3.8, 4) is 0 Å². The number of non-ortho nitro benzene ring substituents is 1. The Kier molecular flexibility index (Phi) is 4.53. The van der Waals surface area contributed by atoms with E-state index in [1.807, 2.05) is 31.2 Å². The highest BCUT2D eigenvalue weighted by atomic mass is 16.6. The molecule has 2 aromatic carbocycles. The smallest absolute Gasteiger partial charge is 0.282 e. The third-order valence-corrected chi connectivity index (χ3v) is 4.28. The van der Waals surface area contributed by atoms with E-state index in [0.29, 0.717) is 22.7 Å². The van der Waals surface area contributed by atoms with Gasteiger partial charge in [-0.3, -0.25) is 14.9 Å². The zero-order valence-corrected chi connectivity index (χ0v) is 14.5. The van der Waals surface area contributed by atoms with Gasteiger partial charge in [-0.15, -0.1) is 0 Å². The predicted molar refractivity (Wildman–Crippen MR) is 101 cm³/mol. The summed E-state index contributed by atoms with van der Waals surface area (Å²) in [5.74, 6) is -0.347. The van der Waals surface area contributed by atoms with Gasteiger partial charge >= 0.3 is 0 Å². The quantitative estimate of drug-likeness (QED) is 0.519. The average Bonchev–Trinajstić information content (AvgIpc) is 2.95. The minimum atomic E-state index is -0.491. The summed E-state index contributed by atoms with van der Waals surface area (Å²) in [5.41, 5.74) is 9.84. The van der Waals surface area contributed by atoms with Gasteiger partial charge in [-0.2, -0.15) is 10.1 Å². The number of hydrazone groups is 1. The topological polar surface area (TPSA) is 102 Å². The normalized spacial score (nSPS) is 15.8. The number of nitrogens with two attached hydrogens (primary N) is 1. The number of carbonyl (C=O) groups is 1. The van der Waals surface area contributed by atoms with E-state index < -0.39 is 4.92 Å². The molecule has 0 radical (unpaired) electrons. The maximum Gasteiger partial charge on any atom is 0.282 e. The summed E-state index contributed by atoms with van der Waals surface area (Å²) in [4.78, 5) is 23.2. The first kappa shape index (κ1) is 17.3. The Bertz CT molecular complexity index is 946. The molecule has 0 unspecified atom stereocenters. The minimum absolute atomic E-state index is 0.0479. The lowest BCUT2D eigenvalue weighted by atomic mass is 9.98. The van der Waals surface area contributed by atoms with Crippen molar-refractivity contribution in [2.75, 3.05) is 5.01 Å². The van der Waals surface area contributed by atoms with Crippen LogP contribution in [0, 0.1) is 10.1 Å². The Morgan fingerprint density at radius 2 is 1.85 bits per heavy atom. The second-order valence-corrected chi connectivity index (χ2v) is 5.88. The summed E-state index contributed by atoms with van der Waals surface area (Å²) < 4.78 is 0. The van der Waals surface area contributed by atoms with Gasteiger partial charge in [0.2, 0.25) is 0 Å². The second kappa shape index (κ2) is 6.79. The van der Waals surface area contributed by atoms with Crippen molar-refractivity contribution in [1.82, 2.24) is 0 Å². The maximum absolute atomic E-state index is 12.9. The fourth-order valence-electron chi connectivity index (χ4n) is 2.93. The molecule has 0 aliphatic carbocycles. The molecule has 1 heterocycles. The molecule has 7 heteroatoms. The number of carbonyl (C=O) groups excluding carboxylic acids is 1. The van der Waals surface area contributed by atoms with E-state index in [4.69, 9.17) is 5.73 Å².